The molecule has 1 aromatic carbocycles. The first-order chi connectivity index (χ1) is 12.2. The average molecular weight is 360 g/mol. The first-order valence-corrected chi connectivity index (χ1v) is 8.83. The molecule has 1 amide bonds. The van der Waals surface area contributed by atoms with E-state index >= 15 is 0 Å². The molecular weight excluding hydrogens is 338 g/mol. The van der Waals surface area contributed by atoms with Crippen molar-refractivity contribution >= 4 is 17.5 Å². The van der Waals surface area contributed by atoms with Crippen LogP contribution in [0.15, 0.2) is 42.6 Å². The molecule has 0 spiro atoms. The Labute approximate surface area is 153 Å². The Balaban J connectivity index is 1.72. The van der Waals surface area contributed by atoms with Crippen LogP contribution >= 0.6 is 11.6 Å². The first-order valence-electron chi connectivity index (χ1n) is 8.45. The molecule has 1 aromatic heterocycles. The lowest BCUT2D eigenvalue weighted by molar-refractivity contribution is 0.0938. The van der Waals surface area contributed by atoms with E-state index in [0.29, 0.717) is 17.3 Å². The number of hydrogen-bond acceptors (Lipinski definition) is 4. The number of aromatic nitrogens is 1. The van der Waals surface area contributed by atoms with Crippen molar-refractivity contribution in [2.24, 2.45) is 0 Å². The molecule has 1 fully saturated rings. The van der Waals surface area contributed by atoms with Gasteiger partial charge in [-0.1, -0.05) is 23.7 Å². The predicted octanol–water partition coefficient (Wildman–Crippen LogP) is 3.31. The number of carbonyl (C=O) groups is 1. The van der Waals surface area contributed by atoms with Gasteiger partial charge in [-0.15, -0.1) is 0 Å². The Morgan fingerprint density at radius 3 is 2.64 bits per heavy atom. The van der Waals surface area contributed by atoms with Gasteiger partial charge < -0.3 is 10.1 Å². The van der Waals surface area contributed by atoms with Crippen molar-refractivity contribution in [1.29, 1.82) is 0 Å². The van der Waals surface area contributed by atoms with E-state index in [1.54, 1.807) is 25.4 Å². The van der Waals surface area contributed by atoms with E-state index in [1.807, 2.05) is 12.1 Å². The fourth-order valence-corrected chi connectivity index (χ4v) is 3.35. The van der Waals surface area contributed by atoms with Crippen LogP contribution in [-0.4, -0.2) is 42.5 Å². The SMILES string of the molecule is COc1ccc(C(CNC(=O)c2ccnc(Cl)c2)N2CCCC2)cc1. The molecule has 0 radical (unpaired) electrons. The topological polar surface area (TPSA) is 54.5 Å². The number of hydrogen-bond donors (Lipinski definition) is 1. The third kappa shape index (κ3) is 4.50. The highest BCUT2D eigenvalue weighted by atomic mass is 35.5. The zero-order valence-electron chi connectivity index (χ0n) is 14.2. The van der Waals surface area contributed by atoms with Gasteiger partial charge in [0.15, 0.2) is 0 Å². The number of rotatable bonds is 6. The monoisotopic (exact) mass is 359 g/mol. The molecule has 132 valence electrons. The van der Waals surface area contributed by atoms with E-state index in [1.165, 1.54) is 18.4 Å². The standard InChI is InChI=1S/C19H22ClN3O2/c1-25-16-6-4-14(5-7-16)17(23-10-2-3-11-23)13-22-19(24)15-8-9-21-18(20)12-15/h4-9,12,17H,2-3,10-11,13H2,1H3,(H,22,24). The second kappa shape index (κ2) is 8.32. The summed E-state index contributed by atoms with van der Waals surface area (Å²) in [6, 6.07) is 11.4. The minimum atomic E-state index is -0.137. The van der Waals surface area contributed by atoms with Gasteiger partial charge in [-0.3, -0.25) is 9.69 Å². The van der Waals surface area contributed by atoms with Gasteiger partial charge in [-0.25, -0.2) is 4.98 Å². The summed E-state index contributed by atoms with van der Waals surface area (Å²) in [5, 5.41) is 3.35. The van der Waals surface area contributed by atoms with Gasteiger partial charge in [0.25, 0.3) is 5.91 Å². The Morgan fingerprint density at radius 2 is 2.00 bits per heavy atom. The summed E-state index contributed by atoms with van der Waals surface area (Å²) in [5.41, 5.74) is 1.70. The van der Waals surface area contributed by atoms with Crippen molar-refractivity contribution < 1.29 is 9.53 Å². The number of methoxy groups -OCH3 is 1. The zero-order chi connectivity index (χ0) is 17.6. The summed E-state index contributed by atoms with van der Waals surface area (Å²) in [6.07, 6.45) is 3.93. The van der Waals surface area contributed by atoms with Crippen LogP contribution < -0.4 is 10.1 Å². The summed E-state index contributed by atoms with van der Waals surface area (Å²) in [4.78, 5) is 18.7. The molecule has 0 aliphatic carbocycles. The Hall–Kier alpha value is -2.11. The molecule has 1 aliphatic heterocycles. The average Bonchev–Trinajstić information content (AvgIpc) is 3.16. The molecule has 1 N–H and O–H groups in total. The lowest BCUT2D eigenvalue weighted by Gasteiger charge is -2.28. The van der Waals surface area contributed by atoms with Gasteiger partial charge in [0, 0.05) is 18.3 Å². The second-order valence-corrected chi connectivity index (χ2v) is 6.50. The molecule has 5 nitrogen and oxygen atoms in total. The highest BCUT2D eigenvalue weighted by Gasteiger charge is 2.24. The zero-order valence-corrected chi connectivity index (χ0v) is 15.0. The van der Waals surface area contributed by atoms with Gasteiger partial charge in [0.05, 0.1) is 13.2 Å². The molecule has 0 bridgehead atoms. The maximum absolute atomic E-state index is 12.4. The van der Waals surface area contributed by atoms with Gasteiger partial charge in [-0.2, -0.15) is 0 Å². The summed E-state index contributed by atoms with van der Waals surface area (Å²) in [7, 11) is 1.66. The van der Waals surface area contributed by atoms with Crippen LogP contribution in [0, 0.1) is 0 Å². The quantitative estimate of drug-likeness (QED) is 0.804. The molecule has 2 aromatic rings. The van der Waals surface area contributed by atoms with Crippen molar-refractivity contribution in [3.63, 3.8) is 0 Å². The van der Waals surface area contributed by atoms with Crippen LogP contribution in [0.2, 0.25) is 5.15 Å². The van der Waals surface area contributed by atoms with Crippen molar-refractivity contribution in [2.45, 2.75) is 18.9 Å². The summed E-state index contributed by atoms with van der Waals surface area (Å²) in [6.45, 7) is 2.65. The second-order valence-electron chi connectivity index (χ2n) is 6.11. The Bertz CT molecular complexity index is 715. The van der Waals surface area contributed by atoms with Crippen LogP contribution in [0.4, 0.5) is 0 Å². The smallest absolute Gasteiger partial charge is 0.251 e. The summed E-state index contributed by atoms with van der Waals surface area (Å²) in [5.74, 6) is 0.696. The Kier molecular flexibility index (Phi) is 5.89. The number of amides is 1. The molecular formula is C19H22ClN3O2. The van der Waals surface area contributed by atoms with E-state index in [4.69, 9.17) is 16.3 Å². The molecule has 3 rings (SSSR count). The van der Waals surface area contributed by atoms with Gasteiger partial charge in [-0.05, 0) is 55.8 Å². The number of halogens is 1. The molecule has 1 unspecified atom stereocenters. The number of carbonyl (C=O) groups excluding carboxylic acids is 1. The third-order valence-corrected chi connectivity index (χ3v) is 4.73. The summed E-state index contributed by atoms with van der Waals surface area (Å²) >= 11 is 5.87. The lowest BCUT2D eigenvalue weighted by Crippen LogP contribution is -2.36. The lowest BCUT2D eigenvalue weighted by atomic mass is 10.0. The number of nitrogens with zero attached hydrogens (tertiary/aromatic N) is 2. The molecule has 1 atom stereocenters. The van der Waals surface area contributed by atoms with Crippen LogP contribution in [0.25, 0.3) is 0 Å². The van der Waals surface area contributed by atoms with Crippen LogP contribution in [0.3, 0.4) is 0 Å². The number of nitrogens with one attached hydrogen (secondary N) is 1. The fourth-order valence-electron chi connectivity index (χ4n) is 3.17. The molecule has 0 saturated carbocycles. The van der Waals surface area contributed by atoms with Crippen LogP contribution in [0.5, 0.6) is 5.75 Å². The highest BCUT2D eigenvalue weighted by molar-refractivity contribution is 6.29. The maximum Gasteiger partial charge on any atom is 0.251 e. The Morgan fingerprint density at radius 1 is 1.28 bits per heavy atom. The van der Waals surface area contributed by atoms with Gasteiger partial charge in [0.2, 0.25) is 0 Å². The number of benzene rings is 1. The van der Waals surface area contributed by atoms with E-state index in [0.717, 1.165) is 18.8 Å². The first kappa shape index (κ1) is 17.7. The minimum Gasteiger partial charge on any atom is -0.497 e. The van der Waals surface area contributed by atoms with E-state index in [-0.39, 0.29) is 11.9 Å². The van der Waals surface area contributed by atoms with Crippen LogP contribution in [0.1, 0.15) is 34.8 Å². The highest BCUT2D eigenvalue weighted by Crippen LogP contribution is 2.26. The van der Waals surface area contributed by atoms with Crippen molar-refractivity contribution in [2.75, 3.05) is 26.7 Å². The van der Waals surface area contributed by atoms with Gasteiger partial charge >= 0.3 is 0 Å². The molecule has 1 saturated heterocycles. The molecule has 1 aliphatic rings. The fraction of sp³-hybridized carbons (Fsp3) is 0.368. The number of pyridine rings is 1. The number of likely N-dealkylation sites (tertiary alicyclic amines) is 1. The largest absolute Gasteiger partial charge is 0.497 e. The van der Waals surface area contributed by atoms with Crippen molar-refractivity contribution in [3.05, 3.63) is 58.9 Å². The van der Waals surface area contributed by atoms with E-state index in [9.17, 15) is 4.79 Å². The molecule has 6 heteroatoms. The maximum atomic E-state index is 12.4. The third-order valence-electron chi connectivity index (χ3n) is 4.53. The van der Waals surface area contributed by atoms with E-state index < -0.39 is 0 Å². The molecule has 2 heterocycles. The predicted molar refractivity (Wildman–Crippen MR) is 98.1 cm³/mol. The van der Waals surface area contributed by atoms with Crippen molar-refractivity contribution in [3.8, 4) is 5.75 Å². The normalized spacial score (nSPS) is 15.8. The van der Waals surface area contributed by atoms with E-state index in [2.05, 4.69) is 27.3 Å². The molecule has 25 heavy (non-hydrogen) atoms. The number of ether oxygens (including phenoxy) is 1. The van der Waals surface area contributed by atoms with Crippen molar-refractivity contribution in [1.82, 2.24) is 15.2 Å². The minimum absolute atomic E-state index is 0.137. The van der Waals surface area contributed by atoms with Gasteiger partial charge in [0.1, 0.15) is 10.9 Å². The summed E-state index contributed by atoms with van der Waals surface area (Å²) < 4.78 is 5.24. The van der Waals surface area contributed by atoms with Crippen LogP contribution in [-0.2, 0) is 0 Å².